The fraction of sp³-hybridized carbons (Fsp3) is 0.667. The SMILES string of the molecule is CC[C@@H](C)CN1C(=O)[C@@H](C)NC12CCN(C(=O)c1ccco1)CC2. The number of piperidine rings is 1. The van der Waals surface area contributed by atoms with Gasteiger partial charge in [-0.05, 0) is 25.0 Å². The number of rotatable bonds is 4. The summed E-state index contributed by atoms with van der Waals surface area (Å²) in [6, 6.07) is 3.27. The predicted octanol–water partition coefficient (Wildman–Crippen LogP) is 2.08. The standard InChI is InChI=1S/C18H27N3O3/c1-4-13(2)12-21-16(22)14(3)19-18(21)7-9-20(10-8-18)17(23)15-6-5-11-24-15/h5-6,11,13-14,19H,4,7-10,12H2,1-3H3/t13-,14-/m1/s1. The molecule has 2 aliphatic heterocycles. The van der Waals surface area contributed by atoms with Crippen LogP contribution in [0.1, 0.15) is 50.6 Å². The van der Waals surface area contributed by atoms with Crippen molar-refractivity contribution >= 4 is 11.8 Å². The van der Waals surface area contributed by atoms with Crippen LogP contribution in [-0.2, 0) is 4.79 Å². The molecule has 1 aromatic heterocycles. The monoisotopic (exact) mass is 333 g/mol. The first-order chi connectivity index (χ1) is 11.5. The zero-order valence-electron chi connectivity index (χ0n) is 14.7. The Balaban J connectivity index is 1.70. The second-order valence-electron chi connectivity index (χ2n) is 7.13. The van der Waals surface area contributed by atoms with Gasteiger partial charge >= 0.3 is 0 Å². The highest BCUT2D eigenvalue weighted by Crippen LogP contribution is 2.33. The van der Waals surface area contributed by atoms with Gasteiger partial charge in [0.1, 0.15) is 0 Å². The predicted molar refractivity (Wildman–Crippen MR) is 90.3 cm³/mol. The van der Waals surface area contributed by atoms with Gasteiger partial charge in [0.2, 0.25) is 5.91 Å². The largest absolute Gasteiger partial charge is 0.459 e. The van der Waals surface area contributed by atoms with Crippen LogP contribution in [0.2, 0.25) is 0 Å². The quantitative estimate of drug-likeness (QED) is 0.916. The number of likely N-dealkylation sites (tertiary alicyclic amines) is 1. The lowest BCUT2D eigenvalue weighted by molar-refractivity contribution is -0.133. The van der Waals surface area contributed by atoms with E-state index < -0.39 is 0 Å². The molecule has 2 fully saturated rings. The molecule has 24 heavy (non-hydrogen) atoms. The van der Waals surface area contributed by atoms with Crippen LogP contribution in [0, 0.1) is 5.92 Å². The molecule has 6 heteroatoms. The molecule has 2 atom stereocenters. The molecule has 1 spiro atoms. The van der Waals surface area contributed by atoms with Crippen molar-refractivity contribution in [1.82, 2.24) is 15.1 Å². The molecule has 0 aromatic carbocycles. The molecule has 3 rings (SSSR count). The number of nitrogens with one attached hydrogen (secondary N) is 1. The highest BCUT2D eigenvalue weighted by molar-refractivity contribution is 5.91. The van der Waals surface area contributed by atoms with Gasteiger partial charge in [-0.25, -0.2) is 0 Å². The van der Waals surface area contributed by atoms with E-state index in [1.54, 1.807) is 12.1 Å². The topological polar surface area (TPSA) is 65.8 Å². The van der Waals surface area contributed by atoms with Gasteiger partial charge in [-0.15, -0.1) is 0 Å². The minimum absolute atomic E-state index is 0.0688. The summed E-state index contributed by atoms with van der Waals surface area (Å²) >= 11 is 0. The Hall–Kier alpha value is -1.82. The molecule has 1 aromatic rings. The van der Waals surface area contributed by atoms with Gasteiger partial charge in [-0.3, -0.25) is 14.9 Å². The Morgan fingerprint density at radius 3 is 2.75 bits per heavy atom. The number of hydrogen-bond acceptors (Lipinski definition) is 4. The van der Waals surface area contributed by atoms with Crippen LogP contribution < -0.4 is 5.32 Å². The molecule has 3 heterocycles. The minimum Gasteiger partial charge on any atom is -0.459 e. The number of amides is 2. The fourth-order valence-electron chi connectivity index (χ4n) is 3.74. The fourth-order valence-corrected chi connectivity index (χ4v) is 3.74. The summed E-state index contributed by atoms with van der Waals surface area (Å²) in [6.45, 7) is 8.30. The lowest BCUT2D eigenvalue weighted by atomic mass is 9.94. The first-order valence-electron chi connectivity index (χ1n) is 8.89. The lowest BCUT2D eigenvalue weighted by Crippen LogP contribution is -2.60. The van der Waals surface area contributed by atoms with Crippen LogP contribution >= 0.6 is 0 Å². The molecule has 132 valence electrons. The van der Waals surface area contributed by atoms with Crippen LogP contribution in [-0.4, -0.2) is 53.0 Å². The van der Waals surface area contributed by atoms with Crippen molar-refractivity contribution in [3.8, 4) is 0 Å². The first kappa shape index (κ1) is 17.0. The maximum atomic E-state index is 12.6. The van der Waals surface area contributed by atoms with Crippen molar-refractivity contribution in [2.45, 2.75) is 51.7 Å². The number of nitrogens with zero attached hydrogens (tertiary/aromatic N) is 2. The summed E-state index contributed by atoms with van der Waals surface area (Å²) in [5, 5.41) is 3.51. The van der Waals surface area contributed by atoms with Gasteiger partial charge in [0, 0.05) is 32.5 Å². The molecule has 0 unspecified atom stereocenters. The molecule has 2 amide bonds. The van der Waals surface area contributed by atoms with Crippen LogP contribution in [0.3, 0.4) is 0 Å². The van der Waals surface area contributed by atoms with E-state index in [1.165, 1.54) is 6.26 Å². The van der Waals surface area contributed by atoms with Gasteiger partial charge in [0.05, 0.1) is 18.0 Å². The van der Waals surface area contributed by atoms with E-state index in [2.05, 4.69) is 19.2 Å². The summed E-state index contributed by atoms with van der Waals surface area (Å²) < 4.78 is 5.22. The number of carbonyl (C=O) groups excluding carboxylic acids is 2. The summed E-state index contributed by atoms with van der Waals surface area (Å²) in [7, 11) is 0. The average molecular weight is 333 g/mol. The van der Waals surface area contributed by atoms with Gasteiger partial charge in [-0.2, -0.15) is 0 Å². The Morgan fingerprint density at radius 1 is 1.46 bits per heavy atom. The Morgan fingerprint density at radius 2 is 2.17 bits per heavy atom. The van der Waals surface area contributed by atoms with Gasteiger partial charge < -0.3 is 14.2 Å². The minimum atomic E-state index is -0.306. The molecule has 6 nitrogen and oxygen atoms in total. The second-order valence-corrected chi connectivity index (χ2v) is 7.13. The third kappa shape index (κ3) is 2.95. The summed E-state index contributed by atoms with van der Waals surface area (Å²) in [5.74, 6) is 0.966. The molecule has 2 saturated heterocycles. The summed E-state index contributed by atoms with van der Waals surface area (Å²) in [5.41, 5.74) is -0.306. The second kappa shape index (κ2) is 6.59. The van der Waals surface area contributed by atoms with E-state index in [4.69, 9.17) is 4.42 Å². The van der Waals surface area contributed by atoms with E-state index in [0.717, 1.165) is 25.8 Å². The molecule has 2 aliphatic rings. The summed E-state index contributed by atoms with van der Waals surface area (Å²) in [4.78, 5) is 28.9. The first-order valence-corrected chi connectivity index (χ1v) is 8.89. The van der Waals surface area contributed by atoms with E-state index in [-0.39, 0.29) is 23.5 Å². The molecular formula is C18H27N3O3. The van der Waals surface area contributed by atoms with Gasteiger partial charge in [-0.1, -0.05) is 20.3 Å². The van der Waals surface area contributed by atoms with Crippen LogP contribution in [0.15, 0.2) is 22.8 Å². The maximum absolute atomic E-state index is 12.6. The third-order valence-corrected chi connectivity index (χ3v) is 5.44. The average Bonchev–Trinajstić information content (AvgIpc) is 3.19. The third-order valence-electron chi connectivity index (χ3n) is 5.44. The highest BCUT2D eigenvalue weighted by Gasteiger charge is 2.50. The van der Waals surface area contributed by atoms with E-state index in [0.29, 0.717) is 24.8 Å². The Kier molecular flexibility index (Phi) is 4.67. The zero-order valence-corrected chi connectivity index (χ0v) is 14.7. The Labute approximate surface area is 143 Å². The van der Waals surface area contributed by atoms with Crippen LogP contribution in [0.5, 0.6) is 0 Å². The molecule has 0 aliphatic carbocycles. The molecule has 0 radical (unpaired) electrons. The number of hydrogen-bond donors (Lipinski definition) is 1. The van der Waals surface area contributed by atoms with Crippen molar-refractivity contribution in [3.63, 3.8) is 0 Å². The smallest absolute Gasteiger partial charge is 0.289 e. The molecule has 1 N–H and O–H groups in total. The van der Waals surface area contributed by atoms with Crippen molar-refractivity contribution in [1.29, 1.82) is 0 Å². The van der Waals surface area contributed by atoms with Crippen molar-refractivity contribution < 1.29 is 14.0 Å². The highest BCUT2D eigenvalue weighted by atomic mass is 16.3. The zero-order chi connectivity index (χ0) is 17.3. The Bertz CT molecular complexity index is 591. The van der Waals surface area contributed by atoms with Gasteiger partial charge in [0.15, 0.2) is 5.76 Å². The van der Waals surface area contributed by atoms with Crippen molar-refractivity contribution in [3.05, 3.63) is 24.2 Å². The van der Waals surface area contributed by atoms with Crippen molar-refractivity contribution in [2.75, 3.05) is 19.6 Å². The van der Waals surface area contributed by atoms with Crippen molar-refractivity contribution in [2.24, 2.45) is 5.92 Å². The van der Waals surface area contributed by atoms with Crippen LogP contribution in [0.25, 0.3) is 0 Å². The van der Waals surface area contributed by atoms with E-state index in [1.807, 2.05) is 16.7 Å². The van der Waals surface area contributed by atoms with Crippen LogP contribution in [0.4, 0.5) is 0 Å². The maximum Gasteiger partial charge on any atom is 0.289 e. The molecular weight excluding hydrogens is 306 g/mol. The van der Waals surface area contributed by atoms with E-state index in [9.17, 15) is 9.59 Å². The normalized spacial score (nSPS) is 24.6. The number of carbonyl (C=O) groups is 2. The lowest BCUT2D eigenvalue weighted by Gasteiger charge is -2.45. The molecule has 0 saturated carbocycles. The number of furan rings is 1. The van der Waals surface area contributed by atoms with E-state index >= 15 is 0 Å². The molecule has 0 bridgehead atoms. The summed E-state index contributed by atoms with van der Waals surface area (Å²) in [6.07, 6.45) is 4.08. The van der Waals surface area contributed by atoms with Gasteiger partial charge in [0.25, 0.3) is 5.91 Å².